The highest BCUT2D eigenvalue weighted by atomic mass is 35.5. The van der Waals surface area contributed by atoms with Gasteiger partial charge in [0.2, 0.25) is 0 Å². The van der Waals surface area contributed by atoms with Gasteiger partial charge in [-0.2, -0.15) is 0 Å². The van der Waals surface area contributed by atoms with Gasteiger partial charge in [0.25, 0.3) is 0 Å². The van der Waals surface area contributed by atoms with Gasteiger partial charge >= 0.3 is 0 Å². The van der Waals surface area contributed by atoms with Gasteiger partial charge in [0, 0.05) is 17.3 Å². The van der Waals surface area contributed by atoms with E-state index in [0.29, 0.717) is 0 Å². The molecular formula is C12H17ClN2S2. The van der Waals surface area contributed by atoms with E-state index in [-0.39, 0.29) is 12.4 Å². The van der Waals surface area contributed by atoms with Crippen LogP contribution >= 0.6 is 35.9 Å². The number of halogens is 1. The van der Waals surface area contributed by atoms with Crippen LogP contribution in [0.15, 0.2) is 28.5 Å². The molecule has 0 atom stereocenters. The standard InChI is InChI=1S/C12H16N2S2.ClH/c1-4-5-9-11(15-2)10-8-13-6-7-14(10)12(9)16-3;/h6-8H,4-5H2,1-3H3;1H. The molecule has 0 aliphatic heterocycles. The monoisotopic (exact) mass is 288 g/mol. The van der Waals surface area contributed by atoms with Crippen molar-refractivity contribution < 1.29 is 0 Å². The lowest BCUT2D eigenvalue weighted by molar-refractivity contribution is 0.868. The zero-order chi connectivity index (χ0) is 11.5. The van der Waals surface area contributed by atoms with E-state index in [1.54, 1.807) is 0 Å². The van der Waals surface area contributed by atoms with Crippen molar-refractivity contribution in [2.45, 2.75) is 29.7 Å². The van der Waals surface area contributed by atoms with Gasteiger partial charge in [-0.05, 0) is 24.5 Å². The zero-order valence-corrected chi connectivity index (χ0v) is 12.7. The van der Waals surface area contributed by atoms with Crippen molar-refractivity contribution in [2.75, 3.05) is 12.5 Å². The van der Waals surface area contributed by atoms with Crippen molar-refractivity contribution >= 4 is 41.4 Å². The number of rotatable bonds is 4. The second-order valence-corrected chi connectivity index (χ2v) is 5.21. The lowest BCUT2D eigenvalue weighted by Gasteiger charge is -2.02. The molecule has 0 fully saturated rings. The Hall–Kier alpha value is -0.320. The lowest BCUT2D eigenvalue weighted by Crippen LogP contribution is -1.88. The van der Waals surface area contributed by atoms with Crippen molar-refractivity contribution in [3.05, 3.63) is 24.2 Å². The van der Waals surface area contributed by atoms with Gasteiger partial charge in [-0.3, -0.25) is 4.98 Å². The normalized spacial score (nSPS) is 10.5. The fourth-order valence-corrected chi connectivity index (χ4v) is 3.70. The molecule has 0 aromatic carbocycles. The Balaban J connectivity index is 0.00000144. The molecule has 0 spiro atoms. The largest absolute Gasteiger partial charge is 0.307 e. The van der Waals surface area contributed by atoms with Crippen molar-refractivity contribution in [3.63, 3.8) is 0 Å². The van der Waals surface area contributed by atoms with Gasteiger partial charge in [0.1, 0.15) is 0 Å². The molecule has 17 heavy (non-hydrogen) atoms. The molecule has 0 aliphatic carbocycles. The van der Waals surface area contributed by atoms with E-state index in [0.717, 1.165) is 6.42 Å². The molecule has 0 bridgehead atoms. The first-order valence-corrected chi connectivity index (χ1v) is 7.83. The lowest BCUT2D eigenvalue weighted by atomic mass is 10.2. The predicted octanol–water partition coefficient (Wildman–Crippen LogP) is 4.15. The summed E-state index contributed by atoms with van der Waals surface area (Å²) in [5, 5.41) is 1.36. The number of fused-ring (bicyclic) bond motifs is 1. The summed E-state index contributed by atoms with van der Waals surface area (Å²) >= 11 is 3.65. The van der Waals surface area contributed by atoms with Crippen LogP contribution in [-0.4, -0.2) is 21.9 Å². The molecule has 2 nitrogen and oxygen atoms in total. The summed E-state index contributed by atoms with van der Waals surface area (Å²) in [6, 6.07) is 0. The zero-order valence-electron chi connectivity index (χ0n) is 10.3. The SMILES string of the molecule is CCCc1c(SC)c2cnccn2c1SC.Cl. The fraction of sp³-hybridized carbons (Fsp3) is 0.417. The Bertz CT molecular complexity index is 455. The summed E-state index contributed by atoms with van der Waals surface area (Å²) in [6.07, 6.45) is 12.5. The molecular weight excluding hydrogens is 272 g/mol. The first kappa shape index (κ1) is 14.7. The molecule has 0 aliphatic rings. The summed E-state index contributed by atoms with van der Waals surface area (Å²) < 4.78 is 2.26. The Morgan fingerprint density at radius 3 is 2.65 bits per heavy atom. The molecule has 0 N–H and O–H groups in total. The molecule has 2 aromatic rings. The number of hydrogen-bond acceptors (Lipinski definition) is 3. The number of nitrogens with zero attached hydrogens (tertiary/aromatic N) is 2. The van der Waals surface area contributed by atoms with Crippen molar-refractivity contribution in [2.24, 2.45) is 0 Å². The average Bonchev–Trinajstić information content (AvgIpc) is 2.62. The smallest absolute Gasteiger partial charge is 0.0836 e. The Morgan fingerprint density at radius 2 is 2.06 bits per heavy atom. The van der Waals surface area contributed by atoms with Gasteiger partial charge in [0.05, 0.1) is 16.7 Å². The van der Waals surface area contributed by atoms with E-state index in [2.05, 4.69) is 35.0 Å². The van der Waals surface area contributed by atoms with Crippen LogP contribution in [0.25, 0.3) is 5.52 Å². The number of hydrogen-bond donors (Lipinski definition) is 0. The number of aromatic nitrogens is 2. The van der Waals surface area contributed by atoms with Gasteiger partial charge in [0.15, 0.2) is 0 Å². The second kappa shape index (κ2) is 6.57. The molecule has 0 radical (unpaired) electrons. The van der Waals surface area contributed by atoms with E-state index in [1.807, 2.05) is 35.9 Å². The molecule has 0 unspecified atom stereocenters. The first-order chi connectivity index (χ1) is 7.83. The Kier molecular flexibility index (Phi) is 5.70. The van der Waals surface area contributed by atoms with Crippen molar-refractivity contribution in [3.8, 4) is 0 Å². The van der Waals surface area contributed by atoms with Crippen LogP contribution in [0.5, 0.6) is 0 Å². The van der Waals surface area contributed by atoms with Crippen LogP contribution in [0.2, 0.25) is 0 Å². The van der Waals surface area contributed by atoms with Crippen LogP contribution in [0.1, 0.15) is 18.9 Å². The van der Waals surface area contributed by atoms with Crippen LogP contribution in [0.4, 0.5) is 0 Å². The minimum Gasteiger partial charge on any atom is -0.307 e. The highest BCUT2D eigenvalue weighted by Crippen LogP contribution is 2.36. The molecule has 2 rings (SSSR count). The predicted molar refractivity (Wildman–Crippen MR) is 80.0 cm³/mol. The summed E-state index contributed by atoms with van der Waals surface area (Å²) in [7, 11) is 0. The third-order valence-corrected chi connectivity index (χ3v) is 4.33. The third kappa shape index (κ3) is 2.59. The summed E-state index contributed by atoms with van der Waals surface area (Å²) in [5.41, 5.74) is 2.72. The quantitative estimate of drug-likeness (QED) is 0.787. The molecule has 2 aromatic heterocycles. The molecule has 2 heterocycles. The van der Waals surface area contributed by atoms with Gasteiger partial charge < -0.3 is 4.40 Å². The van der Waals surface area contributed by atoms with Gasteiger partial charge in [-0.1, -0.05) is 13.3 Å². The van der Waals surface area contributed by atoms with E-state index in [9.17, 15) is 0 Å². The topological polar surface area (TPSA) is 17.3 Å². The van der Waals surface area contributed by atoms with Crippen LogP contribution in [-0.2, 0) is 6.42 Å². The number of thioether (sulfide) groups is 2. The average molecular weight is 289 g/mol. The van der Waals surface area contributed by atoms with Crippen molar-refractivity contribution in [1.29, 1.82) is 0 Å². The highest BCUT2D eigenvalue weighted by molar-refractivity contribution is 7.99. The van der Waals surface area contributed by atoms with E-state index >= 15 is 0 Å². The molecule has 5 heteroatoms. The third-order valence-electron chi connectivity index (χ3n) is 2.64. The minimum absolute atomic E-state index is 0. The first-order valence-electron chi connectivity index (χ1n) is 5.38. The maximum Gasteiger partial charge on any atom is 0.0836 e. The Morgan fingerprint density at radius 1 is 1.29 bits per heavy atom. The summed E-state index contributed by atoms with van der Waals surface area (Å²) in [6.45, 7) is 2.23. The van der Waals surface area contributed by atoms with Gasteiger partial charge in [-0.25, -0.2) is 0 Å². The van der Waals surface area contributed by atoms with Crippen LogP contribution in [0.3, 0.4) is 0 Å². The van der Waals surface area contributed by atoms with E-state index in [4.69, 9.17) is 0 Å². The minimum atomic E-state index is 0. The van der Waals surface area contributed by atoms with E-state index in [1.165, 1.54) is 27.4 Å². The maximum absolute atomic E-state index is 4.23. The molecule has 0 amide bonds. The molecule has 94 valence electrons. The van der Waals surface area contributed by atoms with Crippen LogP contribution in [0, 0.1) is 0 Å². The van der Waals surface area contributed by atoms with Crippen LogP contribution < -0.4 is 0 Å². The second-order valence-electron chi connectivity index (χ2n) is 3.60. The Labute approximate surface area is 117 Å². The van der Waals surface area contributed by atoms with E-state index < -0.39 is 0 Å². The summed E-state index contributed by atoms with van der Waals surface area (Å²) in [5.74, 6) is 0. The summed E-state index contributed by atoms with van der Waals surface area (Å²) in [4.78, 5) is 5.62. The molecule has 0 saturated carbocycles. The van der Waals surface area contributed by atoms with Gasteiger partial charge in [-0.15, -0.1) is 35.9 Å². The van der Waals surface area contributed by atoms with Crippen molar-refractivity contribution in [1.82, 2.24) is 9.38 Å². The maximum atomic E-state index is 4.23. The molecule has 0 saturated heterocycles. The fourth-order valence-electron chi connectivity index (χ4n) is 2.02. The highest BCUT2D eigenvalue weighted by Gasteiger charge is 2.15.